The molecule has 0 aromatic heterocycles. The number of aryl methyl sites for hydroxylation is 1. The van der Waals surface area contributed by atoms with Gasteiger partial charge in [0, 0.05) is 10.9 Å². The molecule has 0 aliphatic carbocycles. The predicted octanol–water partition coefficient (Wildman–Crippen LogP) is 1.32. The van der Waals surface area contributed by atoms with Crippen LogP contribution in [0.25, 0.3) is 0 Å². The van der Waals surface area contributed by atoms with Crippen LogP contribution in [0.1, 0.15) is 18.9 Å². The lowest BCUT2D eigenvalue weighted by Gasteiger charge is -2.16. The minimum atomic E-state index is -3.06. The Hall–Kier alpha value is -1.54. The van der Waals surface area contributed by atoms with Crippen LogP contribution in [0.2, 0.25) is 0 Å². The minimum absolute atomic E-state index is 0.0530. The van der Waals surface area contributed by atoms with Gasteiger partial charge in [0.25, 0.3) is 5.91 Å². The van der Waals surface area contributed by atoms with E-state index in [-0.39, 0.29) is 17.3 Å². The highest BCUT2D eigenvalue weighted by Crippen LogP contribution is 2.21. The first-order valence-electron chi connectivity index (χ1n) is 7.65. The summed E-state index contributed by atoms with van der Waals surface area (Å²) >= 11 is 1.36. The number of esters is 1. The van der Waals surface area contributed by atoms with E-state index in [2.05, 4.69) is 5.32 Å². The minimum Gasteiger partial charge on any atom is -0.452 e. The summed E-state index contributed by atoms with van der Waals surface area (Å²) in [5.41, 5.74) is 1.07. The second-order valence-corrected chi connectivity index (χ2v) is 9.04. The summed E-state index contributed by atoms with van der Waals surface area (Å²) in [5, 5.41) is 2.62. The van der Waals surface area contributed by atoms with Gasteiger partial charge < -0.3 is 10.1 Å². The van der Waals surface area contributed by atoms with Crippen LogP contribution >= 0.6 is 11.8 Å². The normalized spacial score (nSPS) is 20.3. The molecule has 1 aliphatic heterocycles. The zero-order chi connectivity index (χ0) is 17.7. The predicted molar refractivity (Wildman–Crippen MR) is 92.7 cm³/mol. The number of thioether (sulfide) groups is 1. The molecular formula is C16H21NO5S2. The van der Waals surface area contributed by atoms with Gasteiger partial charge in [-0.15, -0.1) is 11.8 Å². The number of hydrogen-bond acceptors (Lipinski definition) is 6. The second kappa shape index (κ2) is 8.02. The number of ether oxygens (including phenoxy) is 1. The molecule has 1 heterocycles. The van der Waals surface area contributed by atoms with Crippen molar-refractivity contribution in [3.8, 4) is 0 Å². The van der Waals surface area contributed by atoms with Crippen LogP contribution in [0.5, 0.6) is 0 Å². The Labute approximate surface area is 146 Å². The Balaban J connectivity index is 1.76. The first kappa shape index (κ1) is 18.8. The molecule has 0 saturated carbocycles. The lowest BCUT2D eigenvalue weighted by atomic mass is 10.2. The van der Waals surface area contributed by atoms with Crippen molar-refractivity contribution in [3.63, 3.8) is 0 Å². The fourth-order valence-electron chi connectivity index (χ4n) is 2.37. The molecular weight excluding hydrogens is 350 g/mol. The van der Waals surface area contributed by atoms with Gasteiger partial charge in [0.2, 0.25) is 0 Å². The monoisotopic (exact) mass is 371 g/mol. The van der Waals surface area contributed by atoms with Crippen LogP contribution in [0.3, 0.4) is 0 Å². The van der Waals surface area contributed by atoms with Crippen molar-refractivity contribution in [2.45, 2.75) is 37.3 Å². The van der Waals surface area contributed by atoms with Crippen LogP contribution in [0, 0.1) is 6.92 Å². The largest absolute Gasteiger partial charge is 0.452 e. The molecule has 1 N–H and O–H groups in total. The number of carbonyl (C=O) groups excluding carboxylic acids is 2. The molecule has 1 aliphatic rings. The molecule has 1 aromatic carbocycles. The van der Waals surface area contributed by atoms with Crippen molar-refractivity contribution in [1.82, 2.24) is 5.32 Å². The lowest BCUT2D eigenvalue weighted by Crippen LogP contribution is -2.42. The van der Waals surface area contributed by atoms with Gasteiger partial charge in [-0.3, -0.25) is 9.59 Å². The highest BCUT2D eigenvalue weighted by molar-refractivity contribution is 8.00. The van der Waals surface area contributed by atoms with E-state index in [0.29, 0.717) is 6.42 Å². The van der Waals surface area contributed by atoms with Gasteiger partial charge in [0.15, 0.2) is 15.9 Å². The first-order chi connectivity index (χ1) is 11.3. The van der Waals surface area contributed by atoms with Gasteiger partial charge in [-0.05, 0) is 31.9 Å². The molecule has 1 saturated heterocycles. The Bertz CT molecular complexity index is 717. The van der Waals surface area contributed by atoms with E-state index in [0.717, 1.165) is 10.5 Å². The summed E-state index contributed by atoms with van der Waals surface area (Å²) in [6.45, 7) is 3.44. The smallest absolute Gasteiger partial charge is 0.317 e. The zero-order valence-electron chi connectivity index (χ0n) is 13.7. The molecule has 1 fully saturated rings. The van der Waals surface area contributed by atoms with Crippen LogP contribution < -0.4 is 5.32 Å². The first-order valence-corrected chi connectivity index (χ1v) is 10.5. The van der Waals surface area contributed by atoms with E-state index in [1.807, 2.05) is 31.2 Å². The van der Waals surface area contributed by atoms with E-state index in [1.165, 1.54) is 18.7 Å². The van der Waals surface area contributed by atoms with Crippen molar-refractivity contribution >= 4 is 33.5 Å². The molecule has 6 nitrogen and oxygen atoms in total. The molecule has 132 valence electrons. The van der Waals surface area contributed by atoms with Gasteiger partial charge in [0.05, 0.1) is 17.3 Å². The molecule has 2 atom stereocenters. The average molecular weight is 371 g/mol. The standard InChI is InChI=1S/C16H21NO5S2/c1-11-5-3-4-6-14(11)23-9-15(18)22-12(2)16(19)17-13-7-8-24(20,21)10-13/h3-6,12-13H,7-10H2,1-2H3,(H,17,19)/t12-,13+/m1/s1. The molecule has 1 amide bonds. The fraction of sp³-hybridized carbons (Fsp3) is 0.500. The number of hydrogen-bond donors (Lipinski definition) is 1. The van der Waals surface area contributed by atoms with Gasteiger partial charge in [0.1, 0.15) is 0 Å². The number of benzene rings is 1. The Morgan fingerprint density at radius 2 is 2.08 bits per heavy atom. The van der Waals surface area contributed by atoms with Crippen molar-refractivity contribution < 1.29 is 22.7 Å². The van der Waals surface area contributed by atoms with Gasteiger partial charge >= 0.3 is 5.97 Å². The number of sulfone groups is 1. The quantitative estimate of drug-likeness (QED) is 0.599. The number of rotatable bonds is 6. The summed E-state index contributed by atoms with van der Waals surface area (Å²) in [6.07, 6.45) is -0.545. The van der Waals surface area contributed by atoms with E-state index in [9.17, 15) is 18.0 Å². The molecule has 2 rings (SSSR count). The van der Waals surface area contributed by atoms with Gasteiger partial charge in [-0.1, -0.05) is 18.2 Å². The summed E-state index contributed by atoms with van der Waals surface area (Å²) < 4.78 is 27.9. The summed E-state index contributed by atoms with van der Waals surface area (Å²) in [6, 6.07) is 7.30. The second-order valence-electron chi connectivity index (χ2n) is 5.79. The third-order valence-electron chi connectivity index (χ3n) is 3.70. The van der Waals surface area contributed by atoms with Crippen molar-refractivity contribution in [3.05, 3.63) is 29.8 Å². The highest BCUT2D eigenvalue weighted by atomic mass is 32.2. The molecule has 0 unspecified atom stereocenters. The lowest BCUT2D eigenvalue weighted by molar-refractivity contribution is -0.152. The van der Waals surface area contributed by atoms with Crippen LogP contribution in [-0.2, 0) is 24.2 Å². The molecule has 8 heteroatoms. The third kappa shape index (κ3) is 5.52. The van der Waals surface area contributed by atoms with E-state index in [1.54, 1.807) is 0 Å². The van der Waals surface area contributed by atoms with Gasteiger partial charge in [-0.2, -0.15) is 0 Å². The SMILES string of the molecule is Cc1ccccc1SCC(=O)O[C@H](C)C(=O)N[C@H]1CCS(=O)(=O)C1. The van der Waals surface area contributed by atoms with Gasteiger partial charge in [-0.25, -0.2) is 8.42 Å². The number of nitrogens with one attached hydrogen (secondary N) is 1. The summed E-state index contributed by atoms with van der Waals surface area (Å²) in [7, 11) is -3.06. The van der Waals surface area contributed by atoms with Crippen molar-refractivity contribution in [1.29, 1.82) is 0 Å². The topological polar surface area (TPSA) is 89.5 Å². The maximum absolute atomic E-state index is 12.0. The molecule has 0 spiro atoms. The summed E-state index contributed by atoms with van der Waals surface area (Å²) in [4.78, 5) is 24.8. The number of amides is 1. The van der Waals surface area contributed by atoms with Crippen molar-refractivity contribution in [2.75, 3.05) is 17.3 Å². The van der Waals surface area contributed by atoms with E-state index < -0.39 is 33.9 Å². The Morgan fingerprint density at radius 1 is 1.38 bits per heavy atom. The molecule has 0 bridgehead atoms. The van der Waals surface area contributed by atoms with E-state index in [4.69, 9.17) is 4.74 Å². The molecule has 1 aromatic rings. The van der Waals surface area contributed by atoms with Crippen LogP contribution in [0.4, 0.5) is 0 Å². The van der Waals surface area contributed by atoms with Crippen LogP contribution in [-0.4, -0.2) is 49.7 Å². The maximum atomic E-state index is 12.0. The molecule has 24 heavy (non-hydrogen) atoms. The Kier molecular flexibility index (Phi) is 6.28. The highest BCUT2D eigenvalue weighted by Gasteiger charge is 2.30. The van der Waals surface area contributed by atoms with E-state index >= 15 is 0 Å². The average Bonchev–Trinajstić information content (AvgIpc) is 2.85. The number of carbonyl (C=O) groups is 2. The fourth-order valence-corrected chi connectivity index (χ4v) is 4.85. The maximum Gasteiger partial charge on any atom is 0.317 e. The van der Waals surface area contributed by atoms with Crippen LogP contribution in [0.15, 0.2) is 29.2 Å². The molecule has 0 radical (unpaired) electrons. The Morgan fingerprint density at radius 3 is 2.71 bits per heavy atom. The van der Waals surface area contributed by atoms with Crippen molar-refractivity contribution in [2.24, 2.45) is 0 Å². The zero-order valence-corrected chi connectivity index (χ0v) is 15.3. The summed E-state index contributed by atoms with van der Waals surface area (Å²) in [5.74, 6) is -0.807. The third-order valence-corrected chi connectivity index (χ3v) is 6.61.